The van der Waals surface area contributed by atoms with Crippen molar-refractivity contribution >= 4 is 15.7 Å². The van der Waals surface area contributed by atoms with Gasteiger partial charge >= 0.3 is 0 Å². The van der Waals surface area contributed by atoms with Gasteiger partial charge in [0.05, 0.1) is 0 Å². The second kappa shape index (κ2) is 6.34. The summed E-state index contributed by atoms with van der Waals surface area (Å²) in [5, 5.41) is 0. The third-order valence-corrected chi connectivity index (χ3v) is 5.91. The van der Waals surface area contributed by atoms with Crippen molar-refractivity contribution in [3.05, 3.63) is 29.3 Å². The van der Waals surface area contributed by atoms with Gasteiger partial charge in [-0.1, -0.05) is 39.2 Å². The smallest absolute Gasteiger partial charge is 0.117 e. The molecule has 0 spiro atoms. The number of ether oxygens (including phenoxy) is 1. The van der Waals surface area contributed by atoms with Crippen LogP contribution in [0.5, 0.6) is 5.75 Å². The van der Waals surface area contributed by atoms with E-state index in [1.807, 2.05) is 6.07 Å². The highest BCUT2D eigenvalue weighted by molar-refractivity contribution is 6.34. The van der Waals surface area contributed by atoms with E-state index in [1.54, 1.807) is 0 Å². The zero-order valence-corrected chi connectivity index (χ0v) is 14.0. The van der Waals surface area contributed by atoms with Crippen molar-refractivity contribution in [2.75, 3.05) is 0 Å². The molecule has 3 rings (SSSR count). The molecule has 1 nitrogen and oxygen atoms in total. The summed E-state index contributed by atoms with van der Waals surface area (Å²) in [7, 11) is 11.2. The maximum absolute atomic E-state index is 5.60. The van der Waals surface area contributed by atoms with Gasteiger partial charge in [-0.2, -0.15) is 0 Å². The van der Waals surface area contributed by atoms with E-state index in [4.69, 9.17) is 20.4 Å². The minimum atomic E-state index is -0.746. The predicted molar refractivity (Wildman–Crippen MR) is 93.8 cm³/mol. The second-order valence-electron chi connectivity index (χ2n) is 7.34. The first-order valence-electron chi connectivity index (χ1n) is 8.88. The molecule has 0 aromatic heterocycles. The summed E-state index contributed by atoms with van der Waals surface area (Å²) in [4.78, 5) is 0. The van der Waals surface area contributed by atoms with Crippen LogP contribution in [0.4, 0.5) is 0 Å². The third kappa shape index (κ3) is 2.72. The minimum Gasteiger partial charge on any atom is -0.510 e. The number of rotatable bonds is 4. The van der Waals surface area contributed by atoms with Gasteiger partial charge in [0.2, 0.25) is 0 Å². The first-order valence-corrected chi connectivity index (χ1v) is 8.88. The van der Waals surface area contributed by atoms with E-state index in [9.17, 15) is 0 Å². The normalized spacial score (nSPS) is 30.7. The minimum absolute atomic E-state index is 0.345. The van der Waals surface area contributed by atoms with Crippen molar-refractivity contribution in [2.45, 2.75) is 70.1 Å². The van der Waals surface area contributed by atoms with E-state index in [0.717, 1.165) is 17.6 Å². The molecule has 0 bridgehead atoms. The van der Waals surface area contributed by atoms with Crippen LogP contribution >= 0.6 is 0 Å². The van der Waals surface area contributed by atoms with E-state index in [0.29, 0.717) is 5.41 Å². The Hall–Kier alpha value is -0.850. The number of hydrogen-bond donors (Lipinski definition) is 0. The highest BCUT2D eigenvalue weighted by Crippen LogP contribution is 2.55. The summed E-state index contributed by atoms with van der Waals surface area (Å²) in [6.07, 6.45) is 9.16. The van der Waals surface area contributed by atoms with E-state index in [-0.39, 0.29) is 0 Å². The van der Waals surface area contributed by atoms with E-state index in [2.05, 4.69) is 26.0 Å². The Morgan fingerprint density at radius 3 is 2.86 bits per heavy atom. The number of fused-ring (bicyclic) bond motifs is 3. The highest BCUT2D eigenvalue weighted by atomic mass is 16.5. The van der Waals surface area contributed by atoms with Gasteiger partial charge in [-0.15, -0.1) is 0 Å². The summed E-state index contributed by atoms with van der Waals surface area (Å²) >= 11 is 0. The third-order valence-electron chi connectivity index (χ3n) is 5.91. The summed E-state index contributed by atoms with van der Waals surface area (Å²) < 4.78 is 5.57. The second-order valence-corrected chi connectivity index (χ2v) is 7.34. The van der Waals surface area contributed by atoms with E-state index < -0.39 is 5.90 Å². The van der Waals surface area contributed by atoms with Crippen molar-refractivity contribution in [1.82, 2.24) is 0 Å². The Balaban J connectivity index is 2.06. The first kappa shape index (κ1) is 16.0. The van der Waals surface area contributed by atoms with Crippen molar-refractivity contribution in [3.8, 4) is 5.75 Å². The fourth-order valence-corrected chi connectivity index (χ4v) is 5.24. The molecule has 3 heteroatoms. The molecule has 0 N–H and O–H groups in total. The lowest BCUT2D eigenvalue weighted by Gasteiger charge is -2.52. The lowest BCUT2D eigenvalue weighted by Crippen LogP contribution is -2.45. The Morgan fingerprint density at radius 2 is 2.14 bits per heavy atom. The highest BCUT2D eigenvalue weighted by Gasteiger charge is 2.47. The van der Waals surface area contributed by atoms with Crippen LogP contribution in [-0.2, 0) is 11.8 Å². The first-order chi connectivity index (χ1) is 10.6. The lowest BCUT2D eigenvalue weighted by molar-refractivity contribution is 0.101. The fraction of sp³-hybridized carbons (Fsp3) is 0.684. The van der Waals surface area contributed by atoms with Crippen molar-refractivity contribution in [3.63, 3.8) is 0 Å². The van der Waals surface area contributed by atoms with Crippen LogP contribution in [0.2, 0.25) is 0 Å². The molecule has 0 saturated heterocycles. The van der Waals surface area contributed by atoms with Gasteiger partial charge in [0.15, 0.2) is 0 Å². The predicted octanol–water partition coefficient (Wildman–Crippen LogP) is 4.11. The molecule has 1 unspecified atom stereocenters. The van der Waals surface area contributed by atoms with Crippen LogP contribution in [-0.4, -0.2) is 21.6 Å². The fourth-order valence-electron chi connectivity index (χ4n) is 5.24. The average molecular weight is 292 g/mol. The lowest BCUT2D eigenvalue weighted by atomic mass is 9.52. The Bertz CT molecular complexity index is 524. The Kier molecular flexibility index (Phi) is 4.61. The zero-order valence-electron chi connectivity index (χ0n) is 14.0. The van der Waals surface area contributed by atoms with Gasteiger partial charge < -0.3 is 4.74 Å². The van der Waals surface area contributed by atoms with Crippen molar-refractivity contribution in [2.24, 2.45) is 11.8 Å². The monoisotopic (exact) mass is 292 g/mol. The van der Waals surface area contributed by atoms with Crippen LogP contribution in [0.1, 0.15) is 63.5 Å². The quantitative estimate of drug-likeness (QED) is 0.759. The maximum Gasteiger partial charge on any atom is 0.117 e. The van der Waals surface area contributed by atoms with Crippen LogP contribution < -0.4 is 4.74 Å². The Morgan fingerprint density at radius 1 is 1.32 bits per heavy atom. The van der Waals surface area contributed by atoms with Crippen LogP contribution in [0.3, 0.4) is 0 Å². The SMILES string of the molecule is [B]C([B])Oc1ccc2c(c1)[C@]1(CCC)CCCCC1[C@@H](C)C2. The molecule has 22 heavy (non-hydrogen) atoms. The largest absolute Gasteiger partial charge is 0.510 e. The number of hydrogen-bond acceptors (Lipinski definition) is 1. The van der Waals surface area contributed by atoms with Gasteiger partial charge in [-0.05, 0) is 66.2 Å². The maximum atomic E-state index is 5.60. The van der Waals surface area contributed by atoms with Gasteiger partial charge in [0.1, 0.15) is 21.4 Å². The molecule has 114 valence electrons. The average Bonchev–Trinajstić information content (AvgIpc) is 2.48. The van der Waals surface area contributed by atoms with Gasteiger partial charge in [-0.3, -0.25) is 0 Å². The molecule has 1 saturated carbocycles. The molecule has 1 aromatic carbocycles. The molecule has 0 aliphatic heterocycles. The molecular formula is C19H26B2O. The van der Waals surface area contributed by atoms with Crippen LogP contribution in [0, 0.1) is 11.8 Å². The summed E-state index contributed by atoms with van der Waals surface area (Å²) in [5.74, 6) is 1.67. The molecule has 0 heterocycles. The number of benzene rings is 1. The molecule has 0 amide bonds. The standard InChI is InChI=1S/C19H26B2O/c1-3-9-19-10-5-4-6-16(19)13(2)11-14-7-8-15(12-17(14)19)22-18(20)21/h7-8,12-13,16,18H,3-6,9-11H2,1-2H3/t13-,16?,19+/m0/s1. The van der Waals surface area contributed by atoms with E-state index >= 15 is 0 Å². The Labute approximate surface area is 138 Å². The summed E-state index contributed by atoms with van der Waals surface area (Å²) in [6.45, 7) is 4.76. The summed E-state index contributed by atoms with van der Waals surface area (Å²) in [6, 6.07) is 6.51. The molecular weight excluding hydrogens is 266 g/mol. The molecule has 1 aromatic rings. The molecule has 2 aliphatic carbocycles. The van der Waals surface area contributed by atoms with Crippen LogP contribution in [0.15, 0.2) is 18.2 Å². The molecule has 2 aliphatic rings. The van der Waals surface area contributed by atoms with Gasteiger partial charge in [0, 0.05) is 5.90 Å². The van der Waals surface area contributed by atoms with Gasteiger partial charge in [-0.25, -0.2) is 0 Å². The van der Waals surface area contributed by atoms with Crippen molar-refractivity contribution < 1.29 is 4.74 Å². The van der Waals surface area contributed by atoms with Gasteiger partial charge in [0.25, 0.3) is 0 Å². The van der Waals surface area contributed by atoms with Crippen molar-refractivity contribution in [1.29, 1.82) is 0 Å². The van der Waals surface area contributed by atoms with E-state index in [1.165, 1.54) is 56.1 Å². The summed E-state index contributed by atoms with van der Waals surface area (Å²) in [5.41, 5.74) is 3.38. The molecule has 1 fully saturated rings. The molecule has 3 atom stereocenters. The van der Waals surface area contributed by atoms with Crippen LogP contribution in [0.25, 0.3) is 0 Å². The molecule has 4 radical (unpaired) electrons. The zero-order chi connectivity index (χ0) is 15.7. The topological polar surface area (TPSA) is 9.23 Å².